The van der Waals surface area contributed by atoms with Crippen LogP contribution in [0.25, 0.3) is 0 Å². The highest BCUT2D eigenvalue weighted by Crippen LogP contribution is 2.25. The van der Waals surface area contributed by atoms with Gasteiger partial charge in [0.25, 0.3) is 10.0 Å². The molecule has 0 atom stereocenters. The Balaban J connectivity index is 2.40. The first-order valence-electron chi connectivity index (χ1n) is 5.87. The molecule has 0 fully saturated rings. The lowest BCUT2D eigenvalue weighted by Gasteiger charge is -2.09. The minimum Gasteiger partial charge on any atom is -0.398 e. The lowest BCUT2D eigenvalue weighted by molar-refractivity contribution is 0.1000. The topological polar surface area (TPSA) is 141 Å². The summed E-state index contributed by atoms with van der Waals surface area (Å²) in [7, 11) is -3.96. The number of carbonyl (C=O) groups excluding carboxylic acids is 1. The third kappa shape index (κ3) is 2.82. The van der Waals surface area contributed by atoms with Crippen LogP contribution in [0.4, 0.5) is 11.6 Å². The number of nitrogen functional groups attached to an aromatic ring is 1. The number of amides is 1. The highest BCUT2D eigenvalue weighted by Gasteiger charge is 2.22. The number of benzene rings is 1. The Labute approximate surface area is 121 Å². The minimum absolute atomic E-state index is 0.0193. The Morgan fingerprint density at radius 3 is 2.48 bits per heavy atom. The van der Waals surface area contributed by atoms with Crippen LogP contribution in [0.1, 0.15) is 21.6 Å². The molecular weight excluding hydrogens is 296 g/mol. The van der Waals surface area contributed by atoms with E-state index in [4.69, 9.17) is 16.0 Å². The minimum atomic E-state index is -3.96. The van der Waals surface area contributed by atoms with Gasteiger partial charge in [0.15, 0.2) is 0 Å². The van der Waals surface area contributed by atoms with Crippen molar-refractivity contribution in [3.8, 4) is 0 Å². The maximum atomic E-state index is 12.3. The molecule has 9 heteroatoms. The number of hydrogen-bond acceptors (Lipinski definition) is 6. The second-order valence-electron chi connectivity index (χ2n) is 4.44. The molecule has 2 rings (SSSR count). The fourth-order valence-corrected chi connectivity index (χ4v) is 2.79. The zero-order valence-corrected chi connectivity index (χ0v) is 12.2. The maximum Gasteiger partial charge on any atom is 0.266 e. The van der Waals surface area contributed by atoms with E-state index in [1.165, 1.54) is 18.2 Å². The van der Waals surface area contributed by atoms with Crippen molar-refractivity contribution in [2.45, 2.75) is 18.7 Å². The van der Waals surface area contributed by atoms with Crippen LogP contribution in [0.15, 0.2) is 27.6 Å². The molecule has 0 radical (unpaired) electrons. The van der Waals surface area contributed by atoms with Crippen molar-refractivity contribution in [1.82, 2.24) is 5.16 Å². The van der Waals surface area contributed by atoms with Crippen molar-refractivity contribution >= 4 is 27.5 Å². The Hall–Kier alpha value is -2.55. The molecule has 0 aliphatic rings. The predicted octanol–water partition coefficient (Wildman–Crippen LogP) is 0.773. The third-order valence-electron chi connectivity index (χ3n) is 2.97. The van der Waals surface area contributed by atoms with Crippen LogP contribution >= 0.6 is 0 Å². The Kier molecular flexibility index (Phi) is 3.60. The van der Waals surface area contributed by atoms with Crippen LogP contribution in [0.2, 0.25) is 0 Å². The Morgan fingerprint density at radius 2 is 2.00 bits per heavy atom. The first-order valence-corrected chi connectivity index (χ1v) is 7.35. The van der Waals surface area contributed by atoms with Gasteiger partial charge in [0.05, 0.1) is 11.4 Å². The number of nitrogens with zero attached hydrogens (tertiary/aromatic N) is 1. The van der Waals surface area contributed by atoms with Gasteiger partial charge >= 0.3 is 0 Å². The van der Waals surface area contributed by atoms with Gasteiger partial charge in [0.1, 0.15) is 4.90 Å². The predicted molar refractivity (Wildman–Crippen MR) is 76.2 cm³/mol. The SMILES string of the molecule is Cc1noc(NS(=O)(=O)c2ccc(C(N)=O)cc2N)c1C. The van der Waals surface area contributed by atoms with E-state index in [0.717, 1.165) is 0 Å². The number of carbonyl (C=O) groups is 1. The lowest BCUT2D eigenvalue weighted by atomic mass is 10.2. The number of rotatable bonds is 4. The number of anilines is 2. The molecule has 1 aromatic heterocycles. The van der Waals surface area contributed by atoms with Crippen molar-refractivity contribution < 1.29 is 17.7 Å². The van der Waals surface area contributed by atoms with Crippen LogP contribution < -0.4 is 16.2 Å². The van der Waals surface area contributed by atoms with Crippen molar-refractivity contribution in [3.05, 3.63) is 35.0 Å². The Bertz CT molecular complexity index is 811. The molecular formula is C12H14N4O4S. The van der Waals surface area contributed by atoms with Crippen molar-refractivity contribution in [1.29, 1.82) is 0 Å². The molecule has 1 heterocycles. The van der Waals surface area contributed by atoms with Gasteiger partial charge in [0, 0.05) is 11.1 Å². The molecule has 112 valence electrons. The summed E-state index contributed by atoms with van der Waals surface area (Å²) >= 11 is 0. The summed E-state index contributed by atoms with van der Waals surface area (Å²) in [6.45, 7) is 3.36. The summed E-state index contributed by atoms with van der Waals surface area (Å²) in [6, 6.07) is 3.69. The second kappa shape index (κ2) is 5.09. The fraction of sp³-hybridized carbons (Fsp3) is 0.167. The van der Waals surface area contributed by atoms with Gasteiger partial charge < -0.3 is 16.0 Å². The van der Waals surface area contributed by atoms with Crippen molar-refractivity contribution in [2.75, 3.05) is 10.5 Å². The highest BCUT2D eigenvalue weighted by atomic mass is 32.2. The highest BCUT2D eigenvalue weighted by molar-refractivity contribution is 7.92. The standard InChI is InChI=1S/C12H14N4O4S/c1-6-7(2)15-20-12(6)16-21(18,19)10-4-3-8(11(14)17)5-9(10)13/h3-5,16H,13H2,1-2H3,(H2,14,17). The van der Waals surface area contributed by atoms with E-state index in [-0.39, 0.29) is 22.0 Å². The summed E-state index contributed by atoms with van der Waals surface area (Å²) in [4.78, 5) is 10.9. The van der Waals surface area contributed by atoms with E-state index in [2.05, 4.69) is 9.88 Å². The summed E-state index contributed by atoms with van der Waals surface area (Å²) in [5, 5.41) is 3.66. The number of aryl methyl sites for hydroxylation is 1. The zero-order valence-electron chi connectivity index (χ0n) is 11.4. The molecule has 1 amide bonds. The van der Waals surface area contributed by atoms with Crippen LogP contribution in [0.3, 0.4) is 0 Å². The van der Waals surface area contributed by atoms with Gasteiger partial charge in [-0.05, 0) is 32.0 Å². The normalized spacial score (nSPS) is 11.3. The molecule has 2 aromatic rings. The molecule has 0 bridgehead atoms. The van der Waals surface area contributed by atoms with Crippen LogP contribution in [-0.4, -0.2) is 19.5 Å². The largest absolute Gasteiger partial charge is 0.398 e. The maximum absolute atomic E-state index is 12.3. The number of hydrogen-bond donors (Lipinski definition) is 3. The summed E-state index contributed by atoms with van der Waals surface area (Å²) in [5.41, 5.74) is 12.0. The molecule has 1 aromatic carbocycles. The molecule has 8 nitrogen and oxygen atoms in total. The number of nitrogens with one attached hydrogen (secondary N) is 1. The number of aromatic nitrogens is 1. The van der Waals surface area contributed by atoms with Gasteiger partial charge in [-0.15, -0.1) is 0 Å². The quantitative estimate of drug-likeness (QED) is 0.712. The molecule has 0 spiro atoms. The van der Waals surface area contributed by atoms with E-state index >= 15 is 0 Å². The lowest BCUT2D eigenvalue weighted by Crippen LogP contribution is -2.17. The van der Waals surface area contributed by atoms with Gasteiger partial charge in [-0.2, -0.15) is 0 Å². The van der Waals surface area contributed by atoms with E-state index < -0.39 is 15.9 Å². The van der Waals surface area contributed by atoms with E-state index in [0.29, 0.717) is 11.3 Å². The summed E-state index contributed by atoms with van der Waals surface area (Å²) < 4.78 is 31.7. The molecule has 0 aliphatic carbocycles. The summed E-state index contributed by atoms with van der Waals surface area (Å²) in [6.07, 6.45) is 0. The first kappa shape index (κ1) is 14.9. The van der Waals surface area contributed by atoms with Crippen LogP contribution in [0, 0.1) is 13.8 Å². The molecule has 5 N–H and O–H groups in total. The average molecular weight is 310 g/mol. The van der Waals surface area contributed by atoms with E-state index in [1.807, 2.05) is 0 Å². The van der Waals surface area contributed by atoms with Gasteiger partial charge in [0.2, 0.25) is 11.8 Å². The third-order valence-corrected chi connectivity index (χ3v) is 4.37. The number of sulfonamides is 1. The molecule has 21 heavy (non-hydrogen) atoms. The Morgan fingerprint density at radius 1 is 1.33 bits per heavy atom. The van der Waals surface area contributed by atoms with Gasteiger partial charge in [-0.3, -0.25) is 4.79 Å². The zero-order chi connectivity index (χ0) is 15.8. The average Bonchev–Trinajstić information content (AvgIpc) is 2.69. The van der Waals surface area contributed by atoms with E-state index in [1.54, 1.807) is 13.8 Å². The molecule has 0 unspecified atom stereocenters. The molecule has 0 aliphatic heterocycles. The number of nitrogens with two attached hydrogens (primary N) is 2. The monoisotopic (exact) mass is 310 g/mol. The molecule has 0 saturated heterocycles. The van der Waals surface area contributed by atoms with Crippen molar-refractivity contribution in [2.24, 2.45) is 5.73 Å². The smallest absolute Gasteiger partial charge is 0.266 e. The van der Waals surface area contributed by atoms with Crippen molar-refractivity contribution in [3.63, 3.8) is 0 Å². The summed E-state index contributed by atoms with van der Waals surface area (Å²) in [5.74, 6) is -0.675. The van der Waals surface area contributed by atoms with Crippen LogP contribution in [-0.2, 0) is 10.0 Å². The van der Waals surface area contributed by atoms with Crippen LogP contribution in [0.5, 0.6) is 0 Å². The second-order valence-corrected chi connectivity index (χ2v) is 6.10. The van der Waals surface area contributed by atoms with Gasteiger partial charge in [-0.25, -0.2) is 13.1 Å². The first-order chi connectivity index (χ1) is 9.72. The van der Waals surface area contributed by atoms with E-state index in [9.17, 15) is 13.2 Å². The van der Waals surface area contributed by atoms with Gasteiger partial charge in [-0.1, -0.05) is 5.16 Å². The number of primary amides is 1. The fourth-order valence-electron chi connectivity index (χ4n) is 1.63. The molecule has 0 saturated carbocycles.